The fraction of sp³-hybridized carbons (Fsp3) is 0.111. The van der Waals surface area contributed by atoms with Crippen molar-refractivity contribution in [3.8, 4) is 6.07 Å². The highest BCUT2D eigenvalue weighted by atomic mass is 19.1. The summed E-state index contributed by atoms with van der Waals surface area (Å²) in [5, 5.41) is 13.5. The zero-order chi connectivity index (χ0) is 22.7. The number of nitriles is 1. The van der Waals surface area contributed by atoms with Gasteiger partial charge in [-0.3, -0.25) is 4.79 Å². The number of hydrogen-bond acceptors (Lipinski definition) is 2. The van der Waals surface area contributed by atoms with Gasteiger partial charge in [-0.1, -0.05) is 42.5 Å². The Hall–Kier alpha value is -4.17. The van der Waals surface area contributed by atoms with Crippen molar-refractivity contribution in [2.75, 3.05) is 5.32 Å². The molecule has 0 spiro atoms. The summed E-state index contributed by atoms with van der Waals surface area (Å²) in [5.74, 6) is -0.722. The van der Waals surface area contributed by atoms with Crippen molar-refractivity contribution in [1.82, 2.24) is 4.57 Å². The lowest BCUT2D eigenvalue weighted by molar-refractivity contribution is -0.112. The number of fused-ring (bicyclic) bond motifs is 1. The first-order chi connectivity index (χ1) is 15.5. The first kappa shape index (κ1) is 21.1. The summed E-state index contributed by atoms with van der Waals surface area (Å²) in [4.78, 5) is 12.8. The molecule has 0 fully saturated rings. The van der Waals surface area contributed by atoms with Crippen LogP contribution < -0.4 is 5.32 Å². The molecular weight excluding hydrogens is 401 g/mol. The number of carbonyl (C=O) groups excluding carboxylic acids is 1. The molecule has 1 amide bonds. The van der Waals surface area contributed by atoms with Gasteiger partial charge < -0.3 is 9.88 Å². The molecule has 0 bridgehead atoms. The molecule has 0 aliphatic heterocycles. The Balaban J connectivity index is 1.68. The Morgan fingerprint density at radius 2 is 1.81 bits per heavy atom. The molecular formula is C27H22FN3O. The maximum atomic E-state index is 13.3. The van der Waals surface area contributed by atoms with Gasteiger partial charge in [0.15, 0.2) is 0 Å². The molecule has 0 saturated heterocycles. The summed E-state index contributed by atoms with van der Waals surface area (Å²) >= 11 is 0. The SMILES string of the molecule is Cc1cccc(NC(=O)/C(C#N)=C/c2cn(Cc3ccc(F)cc3)c3ccccc23)c1C. The van der Waals surface area contributed by atoms with Gasteiger partial charge in [0.05, 0.1) is 0 Å². The van der Waals surface area contributed by atoms with Gasteiger partial charge in [-0.15, -0.1) is 0 Å². The van der Waals surface area contributed by atoms with E-state index in [0.29, 0.717) is 12.2 Å². The minimum Gasteiger partial charge on any atom is -0.342 e. The molecule has 0 aliphatic carbocycles. The van der Waals surface area contributed by atoms with E-state index < -0.39 is 5.91 Å². The van der Waals surface area contributed by atoms with Crippen LogP contribution >= 0.6 is 0 Å². The lowest BCUT2D eigenvalue weighted by atomic mass is 10.1. The smallest absolute Gasteiger partial charge is 0.266 e. The van der Waals surface area contributed by atoms with Gasteiger partial charge >= 0.3 is 0 Å². The number of benzene rings is 3. The molecule has 5 heteroatoms. The van der Waals surface area contributed by atoms with E-state index in [1.54, 1.807) is 18.2 Å². The molecule has 32 heavy (non-hydrogen) atoms. The molecule has 1 N–H and O–H groups in total. The van der Waals surface area contributed by atoms with Crippen molar-refractivity contribution in [3.05, 3.63) is 107 Å². The van der Waals surface area contributed by atoms with E-state index in [0.717, 1.165) is 33.2 Å². The highest BCUT2D eigenvalue weighted by Crippen LogP contribution is 2.25. The molecule has 4 nitrogen and oxygen atoms in total. The number of aromatic nitrogens is 1. The Labute approximate surface area is 186 Å². The zero-order valence-corrected chi connectivity index (χ0v) is 17.9. The van der Waals surface area contributed by atoms with E-state index in [4.69, 9.17) is 0 Å². The number of nitrogens with one attached hydrogen (secondary N) is 1. The van der Waals surface area contributed by atoms with E-state index in [1.807, 2.05) is 73.1 Å². The van der Waals surface area contributed by atoms with Gasteiger partial charge in [0.2, 0.25) is 0 Å². The monoisotopic (exact) mass is 423 g/mol. The van der Waals surface area contributed by atoms with Crippen LogP contribution in [0.2, 0.25) is 0 Å². The number of para-hydroxylation sites is 1. The fourth-order valence-electron chi connectivity index (χ4n) is 3.69. The summed E-state index contributed by atoms with van der Waals surface area (Å²) < 4.78 is 15.3. The normalized spacial score (nSPS) is 11.4. The Bertz CT molecular complexity index is 1370. The van der Waals surface area contributed by atoms with E-state index in [2.05, 4.69) is 5.32 Å². The van der Waals surface area contributed by atoms with Crippen LogP contribution in [0.25, 0.3) is 17.0 Å². The van der Waals surface area contributed by atoms with E-state index in [1.165, 1.54) is 12.1 Å². The number of hydrogen-bond donors (Lipinski definition) is 1. The second-order valence-electron chi connectivity index (χ2n) is 7.73. The van der Waals surface area contributed by atoms with E-state index >= 15 is 0 Å². The summed E-state index contributed by atoms with van der Waals surface area (Å²) in [6.07, 6.45) is 3.53. The first-order valence-electron chi connectivity index (χ1n) is 10.3. The van der Waals surface area contributed by atoms with Crippen LogP contribution in [0.1, 0.15) is 22.3 Å². The number of amides is 1. The maximum absolute atomic E-state index is 13.3. The van der Waals surface area contributed by atoms with Crippen LogP contribution in [0.15, 0.2) is 78.5 Å². The van der Waals surface area contributed by atoms with Crippen molar-refractivity contribution >= 4 is 28.6 Å². The van der Waals surface area contributed by atoms with E-state index in [-0.39, 0.29) is 11.4 Å². The van der Waals surface area contributed by atoms with Crippen LogP contribution in [0.4, 0.5) is 10.1 Å². The predicted octanol–water partition coefficient (Wildman–Crippen LogP) is 5.99. The third-order valence-electron chi connectivity index (χ3n) is 5.60. The third-order valence-corrected chi connectivity index (χ3v) is 5.60. The van der Waals surface area contributed by atoms with Gasteiger partial charge in [-0.25, -0.2) is 4.39 Å². The molecule has 0 radical (unpaired) electrons. The van der Waals surface area contributed by atoms with Crippen LogP contribution in [0.5, 0.6) is 0 Å². The van der Waals surface area contributed by atoms with Gasteiger partial charge in [0.25, 0.3) is 5.91 Å². The number of halogens is 1. The van der Waals surface area contributed by atoms with Crippen molar-refractivity contribution in [3.63, 3.8) is 0 Å². The van der Waals surface area contributed by atoms with Gasteiger partial charge in [0, 0.05) is 34.9 Å². The van der Waals surface area contributed by atoms with Crippen LogP contribution in [-0.4, -0.2) is 10.5 Å². The third kappa shape index (κ3) is 4.30. The van der Waals surface area contributed by atoms with Crippen LogP contribution in [0, 0.1) is 31.0 Å². The molecule has 0 atom stereocenters. The van der Waals surface area contributed by atoms with Crippen LogP contribution in [0.3, 0.4) is 0 Å². The molecule has 4 aromatic rings. The second kappa shape index (κ2) is 8.91. The van der Waals surface area contributed by atoms with Crippen LogP contribution in [-0.2, 0) is 11.3 Å². The molecule has 0 saturated carbocycles. The number of carbonyl (C=O) groups is 1. The Kier molecular flexibility index (Phi) is 5.87. The molecule has 1 aromatic heterocycles. The quantitative estimate of drug-likeness (QED) is 0.317. The number of aryl methyl sites for hydroxylation is 1. The second-order valence-corrected chi connectivity index (χ2v) is 7.73. The summed E-state index contributed by atoms with van der Waals surface area (Å²) in [6, 6.07) is 21.9. The number of rotatable bonds is 5. The lowest BCUT2D eigenvalue weighted by Crippen LogP contribution is -2.14. The van der Waals surface area contributed by atoms with Crippen molar-refractivity contribution < 1.29 is 9.18 Å². The topological polar surface area (TPSA) is 57.8 Å². The van der Waals surface area contributed by atoms with Gasteiger partial charge in [-0.05, 0) is 60.9 Å². The molecule has 1 heterocycles. The van der Waals surface area contributed by atoms with Crippen molar-refractivity contribution in [2.45, 2.75) is 20.4 Å². The predicted molar refractivity (Wildman–Crippen MR) is 126 cm³/mol. The Morgan fingerprint density at radius 1 is 1.06 bits per heavy atom. The van der Waals surface area contributed by atoms with Gasteiger partial charge in [-0.2, -0.15) is 5.26 Å². The molecule has 0 aliphatic rings. The summed E-state index contributed by atoms with van der Waals surface area (Å²) in [6.45, 7) is 4.46. The average molecular weight is 423 g/mol. The first-order valence-corrected chi connectivity index (χ1v) is 10.3. The van der Waals surface area contributed by atoms with E-state index in [9.17, 15) is 14.4 Å². The van der Waals surface area contributed by atoms with Crippen molar-refractivity contribution in [2.24, 2.45) is 0 Å². The molecule has 3 aromatic carbocycles. The van der Waals surface area contributed by atoms with Crippen molar-refractivity contribution in [1.29, 1.82) is 5.26 Å². The largest absolute Gasteiger partial charge is 0.342 e. The fourth-order valence-corrected chi connectivity index (χ4v) is 3.69. The standard InChI is InChI=1S/C27H22FN3O/c1-18-6-5-8-25(19(18)2)30-27(32)21(15-29)14-22-17-31(26-9-4-3-7-24(22)26)16-20-10-12-23(28)13-11-20/h3-14,17H,16H2,1-2H3,(H,30,32)/b21-14+. The highest BCUT2D eigenvalue weighted by Gasteiger charge is 2.14. The lowest BCUT2D eigenvalue weighted by Gasteiger charge is -2.09. The summed E-state index contributed by atoms with van der Waals surface area (Å²) in [5.41, 5.74) is 5.44. The maximum Gasteiger partial charge on any atom is 0.266 e. The Morgan fingerprint density at radius 3 is 2.56 bits per heavy atom. The van der Waals surface area contributed by atoms with Gasteiger partial charge in [0.1, 0.15) is 17.5 Å². The zero-order valence-electron chi connectivity index (χ0n) is 17.9. The number of anilines is 1. The molecule has 158 valence electrons. The minimum atomic E-state index is -0.448. The molecule has 4 rings (SSSR count). The molecule has 0 unspecified atom stereocenters. The summed E-state index contributed by atoms with van der Waals surface area (Å²) in [7, 11) is 0. The average Bonchev–Trinajstić information content (AvgIpc) is 3.14. The highest BCUT2D eigenvalue weighted by molar-refractivity contribution is 6.11. The minimum absolute atomic E-state index is 0.0237. The number of nitrogens with zero attached hydrogens (tertiary/aromatic N) is 2.